The van der Waals surface area contributed by atoms with Crippen molar-refractivity contribution in [3.63, 3.8) is 0 Å². The zero-order valence-electron chi connectivity index (χ0n) is 13.7. The van der Waals surface area contributed by atoms with Gasteiger partial charge in [0.2, 0.25) is 10.0 Å². The molecule has 1 fully saturated rings. The molecule has 5 nitrogen and oxygen atoms in total. The average molecular weight is 381 g/mol. The van der Waals surface area contributed by atoms with Gasteiger partial charge in [-0.3, -0.25) is 0 Å². The van der Waals surface area contributed by atoms with E-state index in [2.05, 4.69) is 9.46 Å². The molecule has 0 heterocycles. The first kappa shape index (κ1) is 20.0. The van der Waals surface area contributed by atoms with Crippen molar-refractivity contribution in [3.05, 3.63) is 24.3 Å². The summed E-state index contributed by atoms with van der Waals surface area (Å²) in [5.74, 6) is -0.749. The van der Waals surface area contributed by atoms with Gasteiger partial charge in [-0.1, -0.05) is 31.4 Å². The van der Waals surface area contributed by atoms with Crippen LogP contribution in [0.4, 0.5) is 13.2 Å². The summed E-state index contributed by atoms with van der Waals surface area (Å²) in [6.07, 6.45) is 1.27. The molecule has 0 spiro atoms. The van der Waals surface area contributed by atoms with Crippen LogP contribution in [0.15, 0.2) is 29.2 Å². The number of rotatable bonds is 8. The molecular weight excluding hydrogens is 359 g/mol. The lowest BCUT2D eigenvalue weighted by atomic mass is 9.98. The number of nitrogens with one attached hydrogen (secondary N) is 1. The first-order chi connectivity index (χ1) is 11.8. The van der Waals surface area contributed by atoms with E-state index in [4.69, 9.17) is 4.74 Å². The molecule has 1 aromatic rings. The summed E-state index contributed by atoms with van der Waals surface area (Å²) in [5, 5.41) is 0. The molecule has 9 heteroatoms. The van der Waals surface area contributed by atoms with Gasteiger partial charge in [0, 0.05) is 13.2 Å². The Morgan fingerprint density at radius 1 is 1.12 bits per heavy atom. The number of sulfonamides is 1. The Morgan fingerprint density at radius 2 is 1.80 bits per heavy atom. The minimum absolute atomic E-state index is 0.0788. The molecular formula is C16H22F3NO4S. The standard InChI is InChI=1S/C16H22F3NO4S/c17-16(18,19)24-14-9-4-5-10-15(14)25(21,22)20-11-6-12-23-13-7-2-1-3-8-13/h4-5,9-10,13,20H,1-3,6-8,11-12H2. The van der Waals surface area contributed by atoms with Gasteiger partial charge in [0.1, 0.15) is 10.6 Å². The molecule has 1 N–H and O–H groups in total. The highest BCUT2D eigenvalue weighted by Gasteiger charge is 2.33. The number of ether oxygens (including phenoxy) is 2. The Balaban J connectivity index is 1.84. The minimum atomic E-state index is -4.96. The van der Waals surface area contributed by atoms with E-state index in [0.29, 0.717) is 13.0 Å². The van der Waals surface area contributed by atoms with Gasteiger partial charge in [0.25, 0.3) is 0 Å². The van der Waals surface area contributed by atoms with E-state index in [9.17, 15) is 21.6 Å². The second kappa shape index (κ2) is 8.86. The van der Waals surface area contributed by atoms with Gasteiger partial charge in [0.05, 0.1) is 6.10 Å². The topological polar surface area (TPSA) is 64.6 Å². The number of para-hydroxylation sites is 1. The van der Waals surface area contributed by atoms with Crippen LogP contribution in [-0.2, 0) is 14.8 Å². The second-order valence-electron chi connectivity index (χ2n) is 5.88. The van der Waals surface area contributed by atoms with Gasteiger partial charge in [-0.15, -0.1) is 13.2 Å². The van der Waals surface area contributed by atoms with Gasteiger partial charge < -0.3 is 9.47 Å². The third-order valence-corrected chi connectivity index (χ3v) is 5.38. The number of alkyl halides is 3. The maximum Gasteiger partial charge on any atom is 0.573 e. The highest BCUT2D eigenvalue weighted by atomic mass is 32.2. The van der Waals surface area contributed by atoms with Crippen molar-refractivity contribution in [3.8, 4) is 5.75 Å². The minimum Gasteiger partial charge on any atom is -0.404 e. The van der Waals surface area contributed by atoms with E-state index < -0.39 is 27.0 Å². The van der Waals surface area contributed by atoms with Crippen LogP contribution < -0.4 is 9.46 Å². The molecule has 0 atom stereocenters. The van der Waals surface area contributed by atoms with E-state index >= 15 is 0 Å². The van der Waals surface area contributed by atoms with E-state index in [-0.39, 0.29) is 12.6 Å². The average Bonchev–Trinajstić information content (AvgIpc) is 2.54. The van der Waals surface area contributed by atoms with Crippen LogP contribution in [0.25, 0.3) is 0 Å². The lowest BCUT2D eigenvalue weighted by Gasteiger charge is -2.22. The van der Waals surface area contributed by atoms with Crippen LogP contribution in [0.2, 0.25) is 0 Å². The molecule has 1 aliphatic carbocycles. The molecule has 25 heavy (non-hydrogen) atoms. The summed E-state index contributed by atoms with van der Waals surface area (Å²) in [6, 6.07) is 4.65. The van der Waals surface area contributed by atoms with Crippen LogP contribution in [0, 0.1) is 0 Å². The first-order valence-electron chi connectivity index (χ1n) is 8.24. The van der Waals surface area contributed by atoms with Crippen molar-refractivity contribution in [1.29, 1.82) is 0 Å². The Bertz CT molecular complexity index is 643. The summed E-state index contributed by atoms with van der Waals surface area (Å²) in [6.45, 7) is 0.489. The van der Waals surface area contributed by atoms with Crippen LogP contribution in [0.1, 0.15) is 38.5 Å². The van der Waals surface area contributed by atoms with Crippen molar-refractivity contribution in [2.24, 2.45) is 0 Å². The summed E-state index contributed by atoms with van der Waals surface area (Å²) in [4.78, 5) is -0.541. The summed E-state index contributed by atoms with van der Waals surface area (Å²) in [7, 11) is -4.10. The Morgan fingerprint density at radius 3 is 2.48 bits per heavy atom. The SMILES string of the molecule is O=S(=O)(NCCCOC1CCCCC1)c1ccccc1OC(F)(F)F. The molecule has 2 rings (SSSR count). The summed E-state index contributed by atoms with van der Waals surface area (Å²) < 4.78 is 73.3. The molecule has 1 saturated carbocycles. The molecule has 0 saturated heterocycles. The quantitative estimate of drug-likeness (QED) is 0.699. The molecule has 0 bridgehead atoms. The normalized spacial score (nSPS) is 16.8. The van der Waals surface area contributed by atoms with E-state index in [1.807, 2.05) is 0 Å². The van der Waals surface area contributed by atoms with Crippen LogP contribution in [0.5, 0.6) is 5.75 Å². The Kier molecular flexibility index (Phi) is 7.09. The number of hydrogen-bond acceptors (Lipinski definition) is 4. The van der Waals surface area contributed by atoms with Gasteiger partial charge in [-0.2, -0.15) is 0 Å². The monoisotopic (exact) mass is 381 g/mol. The molecule has 142 valence electrons. The van der Waals surface area contributed by atoms with Gasteiger partial charge in [0.15, 0.2) is 0 Å². The molecule has 0 aromatic heterocycles. The van der Waals surface area contributed by atoms with Crippen molar-refractivity contribution >= 4 is 10.0 Å². The van der Waals surface area contributed by atoms with Gasteiger partial charge >= 0.3 is 6.36 Å². The van der Waals surface area contributed by atoms with Crippen LogP contribution in [-0.4, -0.2) is 34.0 Å². The fourth-order valence-electron chi connectivity index (χ4n) is 2.72. The van der Waals surface area contributed by atoms with E-state index in [1.54, 1.807) is 0 Å². The molecule has 0 amide bonds. The third-order valence-electron chi connectivity index (χ3n) is 3.88. The number of halogens is 3. The Hall–Kier alpha value is -1.32. The van der Waals surface area contributed by atoms with Gasteiger partial charge in [-0.25, -0.2) is 13.1 Å². The first-order valence-corrected chi connectivity index (χ1v) is 9.72. The highest BCUT2D eigenvalue weighted by Crippen LogP contribution is 2.29. The Labute approximate surface area is 145 Å². The van der Waals surface area contributed by atoms with Crippen molar-refractivity contribution in [1.82, 2.24) is 4.72 Å². The summed E-state index contributed by atoms with van der Waals surface area (Å²) in [5.41, 5.74) is 0. The maximum atomic E-state index is 12.4. The van der Waals surface area contributed by atoms with Crippen LogP contribution >= 0.6 is 0 Å². The smallest absolute Gasteiger partial charge is 0.404 e. The molecule has 0 radical (unpaired) electrons. The predicted octanol–water partition coefficient (Wildman–Crippen LogP) is 3.60. The van der Waals surface area contributed by atoms with Crippen molar-refractivity contribution < 1.29 is 31.1 Å². The zero-order chi connectivity index (χ0) is 18.3. The fraction of sp³-hybridized carbons (Fsp3) is 0.625. The number of hydrogen-bond donors (Lipinski definition) is 1. The molecule has 1 aliphatic rings. The van der Waals surface area contributed by atoms with Crippen molar-refractivity contribution in [2.45, 2.75) is 55.9 Å². The molecule has 0 unspecified atom stereocenters. The van der Waals surface area contributed by atoms with E-state index in [0.717, 1.165) is 37.8 Å². The predicted molar refractivity (Wildman–Crippen MR) is 85.8 cm³/mol. The largest absolute Gasteiger partial charge is 0.573 e. The zero-order valence-corrected chi connectivity index (χ0v) is 14.5. The molecule has 1 aromatic carbocycles. The fourth-order valence-corrected chi connectivity index (χ4v) is 3.92. The third kappa shape index (κ3) is 6.83. The van der Waals surface area contributed by atoms with Crippen LogP contribution in [0.3, 0.4) is 0 Å². The highest BCUT2D eigenvalue weighted by molar-refractivity contribution is 7.89. The van der Waals surface area contributed by atoms with Gasteiger partial charge in [-0.05, 0) is 31.4 Å². The van der Waals surface area contributed by atoms with Crippen molar-refractivity contribution in [2.75, 3.05) is 13.2 Å². The lowest BCUT2D eigenvalue weighted by molar-refractivity contribution is -0.275. The second-order valence-corrected chi connectivity index (χ2v) is 7.61. The maximum absolute atomic E-state index is 12.4. The lowest BCUT2D eigenvalue weighted by Crippen LogP contribution is -2.28. The summed E-state index contributed by atoms with van der Waals surface area (Å²) >= 11 is 0. The van der Waals surface area contributed by atoms with E-state index in [1.165, 1.54) is 18.6 Å². The number of benzene rings is 1. The molecule has 0 aliphatic heterocycles.